The van der Waals surface area contributed by atoms with E-state index < -0.39 is 5.97 Å². The number of halogens is 1. The summed E-state index contributed by atoms with van der Waals surface area (Å²) in [7, 11) is 0. The van der Waals surface area contributed by atoms with Gasteiger partial charge in [-0.2, -0.15) is 0 Å². The summed E-state index contributed by atoms with van der Waals surface area (Å²) in [6.07, 6.45) is 1.87. The summed E-state index contributed by atoms with van der Waals surface area (Å²) in [5, 5.41) is 12.1. The van der Waals surface area contributed by atoms with Crippen molar-refractivity contribution in [2.24, 2.45) is 5.92 Å². The lowest BCUT2D eigenvalue weighted by atomic mass is 9.94. The van der Waals surface area contributed by atoms with Gasteiger partial charge < -0.3 is 10.4 Å². The molecule has 0 atom stereocenters. The Hall–Kier alpha value is -1.59. The van der Waals surface area contributed by atoms with Gasteiger partial charge in [0.1, 0.15) is 0 Å². The maximum Gasteiger partial charge on any atom is 0.303 e. The lowest BCUT2D eigenvalue weighted by Crippen LogP contribution is -2.39. The van der Waals surface area contributed by atoms with Crippen molar-refractivity contribution in [3.05, 3.63) is 29.3 Å². The third kappa shape index (κ3) is 5.02. The zero-order valence-electron chi connectivity index (χ0n) is 11.7. The largest absolute Gasteiger partial charge is 0.481 e. The number of rotatable bonds is 5. The summed E-state index contributed by atoms with van der Waals surface area (Å²) in [4.78, 5) is 24.7. The lowest BCUT2D eigenvalue weighted by Gasteiger charge is -2.30. The molecule has 21 heavy (non-hydrogen) atoms. The number of carboxylic acids is 1. The molecule has 0 aliphatic carbocycles. The van der Waals surface area contributed by atoms with Gasteiger partial charge in [0.15, 0.2) is 0 Å². The number of benzene rings is 1. The molecule has 0 unspecified atom stereocenters. The molecule has 5 nitrogen and oxygen atoms in total. The summed E-state index contributed by atoms with van der Waals surface area (Å²) in [6, 6.07) is 7.12. The van der Waals surface area contributed by atoms with Crippen LogP contribution >= 0.6 is 11.6 Å². The van der Waals surface area contributed by atoms with E-state index in [1.54, 1.807) is 12.1 Å². The standard InChI is InChI=1S/C15H19ClN2O3/c16-12-3-1-2-4-13(12)17-14(19)10-18-7-5-11(6-8-18)9-15(20)21/h1-4,11H,5-10H2,(H,17,19)(H,20,21). The highest BCUT2D eigenvalue weighted by molar-refractivity contribution is 6.33. The molecule has 0 bridgehead atoms. The Morgan fingerprint density at radius 3 is 2.57 bits per heavy atom. The van der Waals surface area contributed by atoms with Gasteiger partial charge in [0.25, 0.3) is 0 Å². The van der Waals surface area contributed by atoms with Crippen molar-refractivity contribution in [2.75, 3.05) is 25.0 Å². The molecule has 6 heteroatoms. The van der Waals surface area contributed by atoms with Crippen LogP contribution in [0.15, 0.2) is 24.3 Å². The van der Waals surface area contributed by atoms with Crippen LogP contribution in [0.1, 0.15) is 19.3 Å². The second-order valence-electron chi connectivity index (χ2n) is 5.35. The van der Waals surface area contributed by atoms with Crippen molar-refractivity contribution in [2.45, 2.75) is 19.3 Å². The zero-order valence-corrected chi connectivity index (χ0v) is 12.5. The van der Waals surface area contributed by atoms with Crippen molar-refractivity contribution in [1.82, 2.24) is 4.90 Å². The molecule has 1 fully saturated rings. The maximum absolute atomic E-state index is 12.0. The number of piperidine rings is 1. The molecule has 0 saturated carbocycles. The summed E-state index contributed by atoms with van der Waals surface area (Å²) >= 11 is 5.99. The van der Waals surface area contributed by atoms with Crippen LogP contribution in [-0.4, -0.2) is 41.5 Å². The molecule has 1 amide bonds. The average Bonchev–Trinajstić information content (AvgIpc) is 2.43. The Bertz CT molecular complexity index is 513. The number of carboxylic acid groups (broad SMARTS) is 1. The van der Waals surface area contributed by atoms with Crippen LogP contribution in [0.25, 0.3) is 0 Å². The molecule has 1 aliphatic rings. The van der Waals surface area contributed by atoms with E-state index in [4.69, 9.17) is 16.7 Å². The molecule has 1 aromatic rings. The first kappa shape index (κ1) is 15.8. The molecule has 0 radical (unpaired) electrons. The second-order valence-corrected chi connectivity index (χ2v) is 5.75. The third-order valence-corrected chi connectivity index (χ3v) is 4.02. The first-order valence-corrected chi connectivity index (χ1v) is 7.41. The predicted octanol–water partition coefficient (Wildman–Crippen LogP) is 2.47. The van der Waals surface area contributed by atoms with Crippen LogP contribution in [0.3, 0.4) is 0 Å². The fraction of sp³-hybridized carbons (Fsp3) is 0.467. The average molecular weight is 311 g/mol. The number of nitrogens with one attached hydrogen (secondary N) is 1. The van der Waals surface area contributed by atoms with E-state index in [9.17, 15) is 9.59 Å². The summed E-state index contributed by atoms with van der Waals surface area (Å²) < 4.78 is 0. The number of anilines is 1. The molecule has 1 aliphatic heterocycles. The molecule has 1 heterocycles. The lowest BCUT2D eigenvalue weighted by molar-refractivity contribution is -0.138. The summed E-state index contributed by atoms with van der Waals surface area (Å²) in [6.45, 7) is 1.83. The molecular formula is C15H19ClN2O3. The van der Waals surface area contributed by atoms with Crippen LogP contribution in [0.5, 0.6) is 0 Å². The number of hydrogen-bond donors (Lipinski definition) is 2. The monoisotopic (exact) mass is 310 g/mol. The fourth-order valence-corrected chi connectivity index (χ4v) is 2.73. The highest BCUT2D eigenvalue weighted by Crippen LogP contribution is 2.22. The van der Waals surface area contributed by atoms with E-state index in [1.807, 2.05) is 17.0 Å². The van der Waals surface area contributed by atoms with Gasteiger partial charge in [-0.3, -0.25) is 14.5 Å². The molecule has 0 spiro atoms. The summed E-state index contributed by atoms with van der Waals surface area (Å²) in [5.74, 6) is -0.616. The van der Waals surface area contributed by atoms with E-state index in [2.05, 4.69) is 5.32 Å². The van der Waals surface area contributed by atoms with Crippen molar-refractivity contribution in [3.8, 4) is 0 Å². The predicted molar refractivity (Wildman–Crippen MR) is 81.5 cm³/mol. The smallest absolute Gasteiger partial charge is 0.303 e. The second kappa shape index (κ2) is 7.43. The van der Waals surface area contributed by atoms with Crippen LogP contribution in [0.4, 0.5) is 5.69 Å². The molecule has 0 aromatic heterocycles. The van der Waals surface area contributed by atoms with Crippen molar-refractivity contribution >= 4 is 29.2 Å². The van der Waals surface area contributed by atoms with Gasteiger partial charge in [0.05, 0.1) is 17.3 Å². The topological polar surface area (TPSA) is 69.6 Å². The molecule has 2 rings (SSSR count). The maximum atomic E-state index is 12.0. The van der Waals surface area contributed by atoms with Gasteiger partial charge in [-0.05, 0) is 44.0 Å². The molecule has 1 aromatic carbocycles. The number of aliphatic carboxylic acids is 1. The SMILES string of the molecule is O=C(O)CC1CCN(CC(=O)Nc2ccccc2Cl)CC1. The van der Waals surface area contributed by atoms with Gasteiger partial charge in [-0.25, -0.2) is 0 Å². The van der Waals surface area contributed by atoms with Crippen LogP contribution in [0, 0.1) is 5.92 Å². The molecule has 114 valence electrons. The number of carbonyl (C=O) groups is 2. The number of para-hydroxylation sites is 1. The van der Waals surface area contributed by atoms with Crippen LogP contribution in [0.2, 0.25) is 5.02 Å². The molecule has 2 N–H and O–H groups in total. The number of carbonyl (C=O) groups excluding carboxylic acids is 1. The van der Waals surface area contributed by atoms with Gasteiger partial charge >= 0.3 is 5.97 Å². The van der Waals surface area contributed by atoms with E-state index in [1.165, 1.54) is 0 Å². The third-order valence-electron chi connectivity index (χ3n) is 3.69. The Morgan fingerprint density at radius 2 is 1.95 bits per heavy atom. The Morgan fingerprint density at radius 1 is 1.29 bits per heavy atom. The van der Waals surface area contributed by atoms with Crippen LogP contribution < -0.4 is 5.32 Å². The Labute approximate surface area is 128 Å². The van der Waals surface area contributed by atoms with Crippen molar-refractivity contribution in [1.29, 1.82) is 0 Å². The van der Waals surface area contributed by atoms with Crippen molar-refractivity contribution < 1.29 is 14.7 Å². The molecular weight excluding hydrogens is 292 g/mol. The van der Waals surface area contributed by atoms with E-state index in [-0.39, 0.29) is 18.2 Å². The first-order chi connectivity index (χ1) is 10.0. The minimum atomic E-state index is -0.745. The number of hydrogen-bond acceptors (Lipinski definition) is 3. The van der Waals surface area contributed by atoms with Gasteiger partial charge in [0.2, 0.25) is 5.91 Å². The molecule has 1 saturated heterocycles. The van der Waals surface area contributed by atoms with Gasteiger partial charge in [-0.1, -0.05) is 23.7 Å². The first-order valence-electron chi connectivity index (χ1n) is 7.03. The Balaban J connectivity index is 1.77. The number of likely N-dealkylation sites (tertiary alicyclic amines) is 1. The van der Waals surface area contributed by atoms with E-state index in [0.29, 0.717) is 17.3 Å². The summed E-state index contributed by atoms with van der Waals surface area (Å²) in [5.41, 5.74) is 0.616. The quantitative estimate of drug-likeness (QED) is 0.876. The minimum absolute atomic E-state index is 0.0974. The van der Waals surface area contributed by atoms with Gasteiger partial charge in [-0.15, -0.1) is 0 Å². The normalized spacial score (nSPS) is 16.6. The highest BCUT2D eigenvalue weighted by atomic mass is 35.5. The minimum Gasteiger partial charge on any atom is -0.481 e. The Kier molecular flexibility index (Phi) is 5.59. The number of amides is 1. The van der Waals surface area contributed by atoms with Crippen LogP contribution in [-0.2, 0) is 9.59 Å². The highest BCUT2D eigenvalue weighted by Gasteiger charge is 2.22. The van der Waals surface area contributed by atoms with E-state index in [0.717, 1.165) is 25.9 Å². The van der Waals surface area contributed by atoms with Crippen molar-refractivity contribution in [3.63, 3.8) is 0 Å². The fourth-order valence-electron chi connectivity index (χ4n) is 2.55. The van der Waals surface area contributed by atoms with Gasteiger partial charge in [0, 0.05) is 6.42 Å². The zero-order chi connectivity index (χ0) is 15.2. The van der Waals surface area contributed by atoms with E-state index >= 15 is 0 Å². The number of nitrogens with zero attached hydrogens (tertiary/aromatic N) is 1.